The zero-order valence-corrected chi connectivity index (χ0v) is 13.2. The van der Waals surface area contributed by atoms with E-state index in [-0.39, 0.29) is 23.7 Å². The summed E-state index contributed by atoms with van der Waals surface area (Å²) < 4.78 is 5.67. The molecule has 0 aromatic heterocycles. The van der Waals surface area contributed by atoms with Gasteiger partial charge in [0.15, 0.2) is 5.78 Å². The van der Waals surface area contributed by atoms with E-state index in [4.69, 9.17) is 4.74 Å². The summed E-state index contributed by atoms with van der Waals surface area (Å²) in [5.74, 6) is 0.887. The minimum absolute atomic E-state index is 0.00922. The Labute approximate surface area is 135 Å². The highest BCUT2D eigenvalue weighted by atomic mass is 16.5. The standard InChI is InChI=1S/C19H19NO3/c1-12(17-11-23-18-6-4-3-5-16(17)18)20-19(22)15-9-7-14(8-10-15)13(2)21/h3-10,12,17H,11H2,1-2H3,(H,20,22). The molecule has 1 amide bonds. The van der Waals surface area contributed by atoms with Crippen molar-refractivity contribution in [2.24, 2.45) is 0 Å². The largest absolute Gasteiger partial charge is 0.493 e. The van der Waals surface area contributed by atoms with Crippen LogP contribution in [-0.4, -0.2) is 24.3 Å². The molecule has 0 bridgehead atoms. The lowest BCUT2D eigenvalue weighted by molar-refractivity contribution is 0.0930. The number of amides is 1. The van der Waals surface area contributed by atoms with Crippen molar-refractivity contribution >= 4 is 11.7 Å². The molecule has 118 valence electrons. The van der Waals surface area contributed by atoms with E-state index >= 15 is 0 Å². The Morgan fingerprint density at radius 3 is 2.43 bits per heavy atom. The lowest BCUT2D eigenvalue weighted by Gasteiger charge is -2.20. The first-order valence-electron chi connectivity index (χ1n) is 7.70. The molecule has 3 rings (SSSR count). The maximum absolute atomic E-state index is 12.4. The third-order valence-corrected chi connectivity index (χ3v) is 4.25. The van der Waals surface area contributed by atoms with Crippen molar-refractivity contribution in [3.63, 3.8) is 0 Å². The topological polar surface area (TPSA) is 55.4 Å². The molecule has 4 heteroatoms. The fraction of sp³-hybridized carbons (Fsp3) is 0.263. The molecule has 1 N–H and O–H groups in total. The quantitative estimate of drug-likeness (QED) is 0.883. The molecule has 0 aliphatic carbocycles. The Morgan fingerprint density at radius 2 is 1.74 bits per heavy atom. The molecule has 0 radical (unpaired) electrons. The first-order valence-corrected chi connectivity index (χ1v) is 7.70. The molecule has 0 saturated carbocycles. The summed E-state index contributed by atoms with van der Waals surface area (Å²) in [4.78, 5) is 23.6. The van der Waals surface area contributed by atoms with Crippen LogP contribution in [0.1, 0.15) is 46.0 Å². The van der Waals surface area contributed by atoms with E-state index in [1.54, 1.807) is 24.3 Å². The highest BCUT2D eigenvalue weighted by molar-refractivity contribution is 5.97. The van der Waals surface area contributed by atoms with Crippen molar-refractivity contribution in [1.82, 2.24) is 5.32 Å². The molecule has 1 heterocycles. The van der Waals surface area contributed by atoms with Gasteiger partial charge in [-0.2, -0.15) is 0 Å². The van der Waals surface area contributed by atoms with Gasteiger partial charge in [-0.25, -0.2) is 0 Å². The van der Waals surface area contributed by atoms with Gasteiger partial charge < -0.3 is 10.1 Å². The number of nitrogens with one attached hydrogen (secondary N) is 1. The van der Waals surface area contributed by atoms with Crippen LogP contribution < -0.4 is 10.1 Å². The van der Waals surface area contributed by atoms with E-state index in [1.165, 1.54) is 6.92 Å². The minimum Gasteiger partial charge on any atom is -0.493 e. The molecule has 2 unspecified atom stereocenters. The smallest absolute Gasteiger partial charge is 0.251 e. The molecule has 0 saturated heterocycles. The van der Waals surface area contributed by atoms with Gasteiger partial charge in [0, 0.05) is 28.7 Å². The number of carbonyl (C=O) groups excluding carboxylic acids is 2. The second-order valence-corrected chi connectivity index (χ2v) is 5.85. The Balaban J connectivity index is 1.69. The Hall–Kier alpha value is -2.62. The normalized spacial score (nSPS) is 17.0. The predicted octanol–water partition coefficient (Wildman–Crippen LogP) is 3.18. The minimum atomic E-state index is -0.142. The van der Waals surface area contributed by atoms with Crippen molar-refractivity contribution in [2.75, 3.05) is 6.61 Å². The van der Waals surface area contributed by atoms with Crippen LogP contribution in [0.15, 0.2) is 48.5 Å². The van der Waals surface area contributed by atoms with Crippen molar-refractivity contribution in [3.05, 3.63) is 65.2 Å². The summed E-state index contributed by atoms with van der Waals surface area (Å²) in [6.45, 7) is 4.07. The van der Waals surface area contributed by atoms with Gasteiger partial charge in [-0.05, 0) is 32.0 Å². The van der Waals surface area contributed by atoms with Gasteiger partial charge in [0.2, 0.25) is 0 Å². The summed E-state index contributed by atoms with van der Waals surface area (Å²) in [6, 6.07) is 14.6. The molecule has 2 aromatic rings. The summed E-state index contributed by atoms with van der Waals surface area (Å²) in [7, 11) is 0. The average Bonchev–Trinajstić information content (AvgIpc) is 2.99. The van der Waals surface area contributed by atoms with Crippen LogP contribution >= 0.6 is 0 Å². The monoisotopic (exact) mass is 309 g/mol. The van der Waals surface area contributed by atoms with Crippen molar-refractivity contribution in [1.29, 1.82) is 0 Å². The number of carbonyl (C=O) groups is 2. The van der Waals surface area contributed by atoms with Gasteiger partial charge in [0.25, 0.3) is 5.91 Å². The lowest BCUT2D eigenvalue weighted by atomic mass is 9.94. The highest BCUT2D eigenvalue weighted by Gasteiger charge is 2.29. The zero-order valence-electron chi connectivity index (χ0n) is 13.2. The van der Waals surface area contributed by atoms with E-state index in [0.29, 0.717) is 17.7 Å². The van der Waals surface area contributed by atoms with Crippen LogP contribution in [0.2, 0.25) is 0 Å². The Bertz CT molecular complexity index is 737. The van der Waals surface area contributed by atoms with Crippen LogP contribution in [0.5, 0.6) is 5.75 Å². The first-order chi connectivity index (χ1) is 11.1. The average molecular weight is 309 g/mol. The van der Waals surface area contributed by atoms with Crippen LogP contribution in [0.3, 0.4) is 0 Å². The van der Waals surface area contributed by atoms with Crippen LogP contribution in [0.25, 0.3) is 0 Å². The summed E-state index contributed by atoms with van der Waals surface area (Å²) in [6.07, 6.45) is 0. The fourth-order valence-electron chi connectivity index (χ4n) is 2.85. The molecule has 1 aliphatic heterocycles. The van der Waals surface area contributed by atoms with E-state index in [1.807, 2.05) is 31.2 Å². The second-order valence-electron chi connectivity index (χ2n) is 5.85. The van der Waals surface area contributed by atoms with Crippen LogP contribution in [-0.2, 0) is 0 Å². The maximum atomic E-state index is 12.4. The SMILES string of the molecule is CC(=O)c1ccc(C(=O)NC(C)C2COc3ccccc32)cc1. The van der Waals surface area contributed by atoms with E-state index in [0.717, 1.165) is 11.3 Å². The molecular weight excluding hydrogens is 290 g/mol. The first kappa shape index (κ1) is 15.3. The summed E-state index contributed by atoms with van der Waals surface area (Å²) in [5, 5.41) is 3.02. The van der Waals surface area contributed by atoms with Gasteiger partial charge in [-0.15, -0.1) is 0 Å². The van der Waals surface area contributed by atoms with Gasteiger partial charge in [0.1, 0.15) is 5.75 Å². The Morgan fingerprint density at radius 1 is 1.09 bits per heavy atom. The molecule has 4 nitrogen and oxygen atoms in total. The molecule has 0 spiro atoms. The molecular formula is C19H19NO3. The number of benzene rings is 2. The van der Waals surface area contributed by atoms with Crippen molar-refractivity contribution in [3.8, 4) is 5.75 Å². The number of rotatable bonds is 4. The van der Waals surface area contributed by atoms with Crippen molar-refractivity contribution < 1.29 is 14.3 Å². The highest BCUT2D eigenvalue weighted by Crippen LogP contribution is 2.35. The number of para-hydroxylation sites is 1. The van der Waals surface area contributed by atoms with Crippen LogP contribution in [0.4, 0.5) is 0 Å². The molecule has 0 fully saturated rings. The van der Waals surface area contributed by atoms with Gasteiger partial charge in [0.05, 0.1) is 6.61 Å². The van der Waals surface area contributed by atoms with Gasteiger partial charge >= 0.3 is 0 Å². The molecule has 2 atom stereocenters. The van der Waals surface area contributed by atoms with Crippen molar-refractivity contribution in [2.45, 2.75) is 25.8 Å². The molecule has 1 aliphatic rings. The molecule has 23 heavy (non-hydrogen) atoms. The van der Waals surface area contributed by atoms with Gasteiger partial charge in [-0.3, -0.25) is 9.59 Å². The van der Waals surface area contributed by atoms with Gasteiger partial charge in [-0.1, -0.05) is 30.3 Å². The number of hydrogen-bond acceptors (Lipinski definition) is 3. The van der Waals surface area contributed by atoms with E-state index in [2.05, 4.69) is 5.32 Å². The second kappa shape index (κ2) is 6.24. The summed E-state index contributed by atoms with van der Waals surface area (Å²) >= 11 is 0. The van der Waals surface area contributed by atoms with E-state index < -0.39 is 0 Å². The predicted molar refractivity (Wildman–Crippen MR) is 88.1 cm³/mol. The number of ketones is 1. The number of hydrogen-bond donors (Lipinski definition) is 1. The summed E-state index contributed by atoms with van der Waals surface area (Å²) in [5.41, 5.74) is 2.29. The fourth-order valence-corrected chi connectivity index (χ4v) is 2.85. The number of ether oxygens (including phenoxy) is 1. The Kier molecular flexibility index (Phi) is 4.15. The maximum Gasteiger partial charge on any atom is 0.251 e. The third-order valence-electron chi connectivity index (χ3n) is 4.25. The lowest BCUT2D eigenvalue weighted by Crippen LogP contribution is -2.37. The van der Waals surface area contributed by atoms with E-state index in [9.17, 15) is 9.59 Å². The zero-order chi connectivity index (χ0) is 16.4. The number of Topliss-reactive ketones (excluding diaryl/α,β-unsaturated/α-hetero) is 1. The van der Waals surface area contributed by atoms with Crippen LogP contribution in [0, 0.1) is 0 Å². The third kappa shape index (κ3) is 3.11. The molecule has 2 aromatic carbocycles. The number of fused-ring (bicyclic) bond motifs is 1.